The summed E-state index contributed by atoms with van der Waals surface area (Å²) in [5.41, 5.74) is 3.18. The number of rotatable bonds is 3. The molecule has 1 aliphatic heterocycles. The fourth-order valence-corrected chi connectivity index (χ4v) is 3.21. The molecule has 1 amide bonds. The second-order valence-electron chi connectivity index (χ2n) is 6.52. The molecule has 0 spiro atoms. The van der Waals surface area contributed by atoms with E-state index in [-0.39, 0.29) is 11.3 Å². The topological polar surface area (TPSA) is 71.8 Å². The lowest BCUT2D eigenvalue weighted by atomic mass is 10.0. The molecule has 2 aromatic carbocycles. The Labute approximate surface area is 156 Å². The van der Waals surface area contributed by atoms with Crippen LogP contribution in [0.25, 0.3) is 22.1 Å². The third kappa shape index (κ3) is 3.71. The predicted molar refractivity (Wildman–Crippen MR) is 105 cm³/mol. The molecule has 2 heterocycles. The molecule has 0 saturated carbocycles. The monoisotopic (exact) mass is 364 g/mol. The number of anilines is 2. The van der Waals surface area contributed by atoms with Crippen molar-refractivity contribution in [2.75, 3.05) is 36.5 Å². The molecule has 4 rings (SSSR count). The van der Waals surface area contributed by atoms with Crippen LogP contribution >= 0.6 is 0 Å². The molecule has 27 heavy (non-hydrogen) atoms. The zero-order valence-corrected chi connectivity index (χ0v) is 15.0. The third-order valence-electron chi connectivity index (χ3n) is 4.58. The fraction of sp³-hybridized carbons (Fsp3) is 0.238. The molecule has 1 N–H and O–H groups in total. The summed E-state index contributed by atoms with van der Waals surface area (Å²) in [4.78, 5) is 25.7. The minimum Gasteiger partial charge on any atom is -0.440 e. The van der Waals surface area contributed by atoms with Gasteiger partial charge in [-0.05, 0) is 35.4 Å². The Morgan fingerprint density at radius 3 is 2.41 bits per heavy atom. The first-order valence-electron chi connectivity index (χ1n) is 8.89. The van der Waals surface area contributed by atoms with Crippen molar-refractivity contribution in [1.82, 2.24) is 0 Å². The van der Waals surface area contributed by atoms with Crippen molar-refractivity contribution in [1.29, 1.82) is 0 Å². The Bertz CT molecular complexity index is 1030. The van der Waals surface area contributed by atoms with E-state index in [1.165, 1.54) is 6.92 Å². The van der Waals surface area contributed by atoms with Crippen molar-refractivity contribution in [3.05, 3.63) is 58.8 Å². The molecular weight excluding hydrogens is 344 g/mol. The molecule has 0 unspecified atom stereocenters. The summed E-state index contributed by atoms with van der Waals surface area (Å²) in [7, 11) is 0. The van der Waals surface area contributed by atoms with Crippen molar-refractivity contribution >= 4 is 28.4 Å². The summed E-state index contributed by atoms with van der Waals surface area (Å²) in [5, 5.41) is 3.31. The number of benzene rings is 2. The number of nitrogens with one attached hydrogen (secondary N) is 1. The van der Waals surface area contributed by atoms with E-state index in [2.05, 4.69) is 5.32 Å². The van der Waals surface area contributed by atoms with E-state index in [0.29, 0.717) is 43.2 Å². The molecule has 0 bridgehead atoms. The van der Waals surface area contributed by atoms with Crippen molar-refractivity contribution in [2.24, 2.45) is 0 Å². The van der Waals surface area contributed by atoms with Gasteiger partial charge in [-0.1, -0.05) is 18.2 Å². The molecule has 138 valence electrons. The Morgan fingerprint density at radius 1 is 1.00 bits per heavy atom. The number of carbonyl (C=O) groups is 1. The second-order valence-corrected chi connectivity index (χ2v) is 6.52. The lowest BCUT2D eigenvalue weighted by Crippen LogP contribution is -2.36. The van der Waals surface area contributed by atoms with Gasteiger partial charge in [-0.2, -0.15) is 0 Å². The van der Waals surface area contributed by atoms with E-state index in [1.807, 2.05) is 41.3 Å². The summed E-state index contributed by atoms with van der Waals surface area (Å²) < 4.78 is 11.4. The molecule has 6 nitrogen and oxygen atoms in total. The van der Waals surface area contributed by atoms with Gasteiger partial charge in [0.25, 0.3) is 0 Å². The van der Waals surface area contributed by atoms with Gasteiger partial charge in [0, 0.05) is 31.8 Å². The van der Waals surface area contributed by atoms with Crippen LogP contribution in [0.5, 0.6) is 0 Å². The quantitative estimate of drug-likeness (QED) is 0.772. The normalized spacial score (nSPS) is 14.3. The van der Waals surface area contributed by atoms with Gasteiger partial charge in [0.05, 0.1) is 18.6 Å². The first-order valence-corrected chi connectivity index (χ1v) is 8.89. The van der Waals surface area contributed by atoms with Crippen LogP contribution < -0.4 is 15.6 Å². The number of hydrogen-bond donors (Lipinski definition) is 1. The highest BCUT2D eigenvalue weighted by molar-refractivity contribution is 5.89. The van der Waals surface area contributed by atoms with Crippen molar-refractivity contribution in [3.8, 4) is 11.1 Å². The Hall–Kier alpha value is -3.12. The largest absolute Gasteiger partial charge is 0.440 e. The minimum atomic E-state index is -0.106. The maximum Gasteiger partial charge on any atom is 0.221 e. The van der Waals surface area contributed by atoms with E-state index in [9.17, 15) is 9.59 Å². The molecule has 6 heteroatoms. The lowest BCUT2D eigenvalue weighted by Gasteiger charge is -2.27. The van der Waals surface area contributed by atoms with E-state index in [0.717, 1.165) is 16.8 Å². The van der Waals surface area contributed by atoms with Gasteiger partial charge in [0.1, 0.15) is 5.58 Å². The van der Waals surface area contributed by atoms with E-state index in [4.69, 9.17) is 9.15 Å². The minimum absolute atomic E-state index is 0.0507. The number of carbonyl (C=O) groups excluding carboxylic acids is 1. The van der Waals surface area contributed by atoms with Crippen LogP contribution in [0.2, 0.25) is 0 Å². The van der Waals surface area contributed by atoms with Crippen molar-refractivity contribution in [3.63, 3.8) is 0 Å². The molecule has 0 radical (unpaired) electrons. The molecule has 3 aromatic rings. The lowest BCUT2D eigenvalue weighted by molar-refractivity contribution is -0.114. The molecule has 0 aliphatic carbocycles. The smallest absolute Gasteiger partial charge is 0.221 e. The van der Waals surface area contributed by atoms with Crippen LogP contribution in [-0.2, 0) is 9.53 Å². The number of fused-ring (bicyclic) bond motifs is 1. The maximum absolute atomic E-state index is 12.5. The molecule has 1 aromatic heterocycles. The molecular formula is C21H20N2O4. The molecule has 1 saturated heterocycles. The summed E-state index contributed by atoms with van der Waals surface area (Å²) in [6.07, 6.45) is 0. The van der Waals surface area contributed by atoms with Crippen LogP contribution in [-0.4, -0.2) is 32.2 Å². The summed E-state index contributed by atoms with van der Waals surface area (Å²) in [6, 6.07) is 14.7. The predicted octanol–water partition coefficient (Wildman–Crippen LogP) is 3.26. The van der Waals surface area contributed by atoms with E-state index in [1.54, 1.807) is 12.1 Å². The van der Waals surface area contributed by atoms with Gasteiger partial charge in [0.2, 0.25) is 5.91 Å². The number of morpholine rings is 1. The van der Waals surface area contributed by atoms with E-state index >= 15 is 0 Å². The first kappa shape index (κ1) is 17.3. The van der Waals surface area contributed by atoms with Crippen LogP contribution in [0, 0.1) is 0 Å². The second kappa shape index (κ2) is 7.25. The molecule has 1 fully saturated rings. The van der Waals surface area contributed by atoms with Gasteiger partial charge >= 0.3 is 0 Å². The Balaban J connectivity index is 1.70. The van der Waals surface area contributed by atoms with Gasteiger partial charge in [0.15, 0.2) is 11.3 Å². The number of ether oxygens (including phenoxy) is 1. The number of hydrogen-bond acceptors (Lipinski definition) is 5. The highest BCUT2D eigenvalue weighted by atomic mass is 16.5. The standard InChI is InChI=1S/C21H20N2O4/c1-14(24)22-17-5-2-15(3-6-17)16-4-7-18-19(25)13-21(27-20(18)12-16)23-8-10-26-11-9-23/h2-7,12-13H,8-11H2,1H3,(H,22,24). The molecule has 1 aliphatic rings. The number of nitrogens with zero attached hydrogens (tertiary/aromatic N) is 1. The van der Waals surface area contributed by atoms with Crippen molar-refractivity contribution < 1.29 is 13.9 Å². The summed E-state index contributed by atoms with van der Waals surface area (Å²) in [6.45, 7) is 4.15. The van der Waals surface area contributed by atoms with Crippen LogP contribution in [0.1, 0.15) is 6.92 Å². The summed E-state index contributed by atoms with van der Waals surface area (Å²) in [5.74, 6) is 0.472. The maximum atomic E-state index is 12.5. The van der Waals surface area contributed by atoms with Gasteiger partial charge < -0.3 is 19.4 Å². The zero-order valence-electron chi connectivity index (χ0n) is 15.0. The first-order chi connectivity index (χ1) is 13.1. The highest BCUT2D eigenvalue weighted by Gasteiger charge is 2.15. The fourth-order valence-electron chi connectivity index (χ4n) is 3.21. The van der Waals surface area contributed by atoms with Crippen LogP contribution in [0.4, 0.5) is 11.6 Å². The van der Waals surface area contributed by atoms with E-state index < -0.39 is 0 Å². The molecule has 0 atom stereocenters. The average molecular weight is 364 g/mol. The average Bonchev–Trinajstić information content (AvgIpc) is 2.68. The van der Waals surface area contributed by atoms with Gasteiger partial charge in [-0.25, -0.2) is 0 Å². The SMILES string of the molecule is CC(=O)Nc1ccc(-c2ccc3c(=O)cc(N4CCOCC4)oc3c2)cc1. The Kier molecular flexibility index (Phi) is 4.64. The van der Waals surface area contributed by atoms with Crippen LogP contribution in [0.3, 0.4) is 0 Å². The number of amides is 1. The zero-order chi connectivity index (χ0) is 18.8. The van der Waals surface area contributed by atoms with Crippen molar-refractivity contribution in [2.45, 2.75) is 6.92 Å². The summed E-state index contributed by atoms with van der Waals surface area (Å²) >= 11 is 0. The van der Waals surface area contributed by atoms with Crippen LogP contribution in [0.15, 0.2) is 57.7 Å². The third-order valence-corrected chi connectivity index (χ3v) is 4.58. The highest BCUT2D eigenvalue weighted by Crippen LogP contribution is 2.27. The van der Waals surface area contributed by atoms with Gasteiger partial charge in [-0.3, -0.25) is 9.59 Å². The van der Waals surface area contributed by atoms with Gasteiger partial charge in [-0.15, -0.1) is 0 Å². The Morgan fingerprint density at radius 2 is 1.70 bits per heavy atom.